The fourth-order valence-electron chi connectivity index (χ4n) is 4.41. The number of rotatable bonds is 11. The van der Waals surface area contributed by atoms with Crippen LogP contribution in [0.3, 0.4) is 0 Å². The Labute approximate surface area is 203 Å². The lowest BCUT2D eigenvalue weighted by atomic mass is 10.1. The topological polar surface area (TPSA) is 49.4 Å². The molecule has 5 nitrogen and oxygen atoms in total. The molecule has 4 aromatic rings. The molecule has 0 bridgehead atoms. The molecule has 0 radical (unpaired) electrons. The van der Waals surface area contributed by atoms with Crippen LogP contribution in [-0.2, 0) is 0 Å². The Morgan fingerprint density at radius 1 is 0.941 bits per heavy atom. The smallest absolute Gasteiger partial charge is 0.128 e. The second-order valence-electron chi connectivity index (χ2n) is 8.84. The second-order valence-corrected chi connectivity index (χ2v) is 8.84. The summed E-state index contributed by atoms with van der Waals surface area (Å²) in [6.45, 7) is 10.1. The largest absolute Gasteiger partial charge is 0.497 e. The minimum absolute atomic E-state index is 0.342. The maximum Gasteiger partial charge on any atom is 0.128 e. The average Bonchev–Trinajstić information content (AvgIpc) is 2.86. The Bertz CT molecular complexity index is 1220. The number of hydrogen-bond acceptors (Lipinski definition) is 5. The molecule has 3 aromatic carbocycles. The van der Waals surface area contributed by atoms with E-state index in [1.54, 1.807) is 7.11 Å². The molecule has 0 amide bonds. The molecule has 1 aromatic heterocycles. The lowest BCUT2D eigenvalue weighted by Gasteiger charge is -2.20. The van der Waals surface area contributed by atoms with Crippen molar-refractivity contribution >= 4 is 38.9 Å². The van der Waals surface area contributed by atoms with Crippen LogP contribution in [0.2, 0.25) is 0 Å². The molecule has 0 fully saturated rings. The van der Waals surface area contributed by atoms with E-state index in [1.807, 2.05) is 24.3 Å². The van der Waals surface area contributed by atoms with Gasteiger partial charge >= 0.3 is 0 Å². The van der Waals surface area contributed by atoms with Crippen molar-refractivity contribution in [2.45, 2.75) is 39.7 Å². The predicted octanol–water partition coefficient (Wildman–Crippen LogP) is 7.06. The molecule has 1 heterocycles. The lowest BCUT2D eigenvalue weighted by molar-refractivity contribution is 0.295. The van der Waals surface area contributed by atoms with E-state index in [2.05, 4.69) is 78.8 Å². The van der Waals surface area contributed by atoms with Gasteiger partial charge in [-0.25, -0.2) is 4.98 Å². The van der Waals surface area contributed by atoms with Crippen molar-refractivity contribution in [2.75, 3.05) is 37.4 Å². The Morgan fingerprint density at radius 3 is 2.32 bits per heavy atom. The highest BCUT2D eigenvalue weighted by molar-refractivity contribution is 6.03. The highest BCUT2D eigenvalue weighted by Crippen LogP contribution is 2.32. The number of fused-ring (bicyclic) bond motifs is 2. The number of benzene rings is 3. The van der Waals surface area contributed by atoms with Gasteiger partial charge in [-0.3, -0.25) is 0 Å². The first kappa shape index (κ1) is 23.8. The first-order valence-electron chi connectivity index (χ1n) is 12.3. The van der Waals surface area contributed by atoms with Crippen molar-refractivity contribution in [3.8, 4) is 5.75 Å². The summed E-state index contributed by atoms with van der Waals surface area (Å²) in [7, 11) is 1.69. The molecule has 0 saturated heterocycles. The Kier molecular flexibility index (Phi) is 7.86. The predicted molar refractivity (Wildman–Crippen MR) is 146 cm³/mol. The van der Waals surface area contributed by atoms with Crippen LogP contribution >= 0.6 is 0 Å². The van der Waals surface area contributed by atoms with E-state index in [4.69, 9.17) is 9.72 Å². The molecule has 4 rings (SSSR count). The van der Waals surface area contributed by atoms with Gasteiger partial charge in [0.05, 0.1) is 18.3 Å². The zero-order chi connectivity index (χ0) is 23.9. The van der Waals surface area contributed by atoms with Gasteiger partial charge in [0.25, 0.3) is 0 Å². The van der Waals surface area contributed by atoms with Gasteiger partial charge in [0.2, 0.25) is 0 Å². The number of ether oxygens (including phenoxy) is 1. The van der Waals surface area contributed by atoms with Crippen LogP contribution in [0.1, 0.15) is 33.6 Å². The summed E-state index contributed by atoms with van der Waals surface area (Å²) in [4.78, 5) is 7.46. The summed E-state index contributed by atoms with van der Waals surface area (Å²) >= 11 is 0. The number of hydrogen-bond donors (Lipinski definition) is 2. The number of aromatic nitrogens is 1. The third-order valence-electron chi connectivity index (χ3n) is 6.45. The summed E-state index contributed by atoms with van der Waals surface area (Å²) in [5.74, 6) is 1.74. The van der Waals surface area contributed by atoms with Gasteiger partial charge in [-0.2, -0.15) is 0 Å². The number of nitrogens with zero attached hydrogens (tertiary/aromatic N) is 2. The molecule has 0 spiro atoms. The van der Waals surface area contributed by atoms with Gasteiger partial charge in [0.15, 0.2) is 0 Å². The molecule has 1 unspecified atom stereocenters. The fraction of sp³-hybridized carbons (Fsp3) is 0.345. The summed E-state index contributed by atoms with van der Waals surface area (Å²) in [5.41, 5.74) is 3.04. The average molecular weight is 457 g/mol. The Balaban J connectivity index is 1.61. The molecule has 34 heavy (non-hydrogen) atoms. The van der Waals surface area contributed by atoms with Crippen LogP contribution in [-0.4, -0.2) is 42.7 Å². The zero-order valence-electron chi connectivity index (χ0n) is 20.8. The van der Waals surface area contributed by atoms with E-state index in [9.17, 15) is 0 Å². The summed E-state index contributed by atoms with van der Waals surface area (Å²) in [6.07, 6.45) is 2.28. The van der Waals surface area contributed by atoms with E-state index in [-0.39, 0.29) is 0 Å². The molecule has 0 aliphatic heterocycles. The van der Waals surface area contributed by atoms with Crippen LogP contribution in [0.4, 0.5) is 17.2 Å². The Morgan fingerprint density at radius 2 is 1.65 bits per heavy atom. The van der Waals surface area contributed by atoms with Crippen molar-refractivity contribution in [3.05, 3.63) is 66.7 Å². The number of nitrogens with one attached hydrogen (secondary N) is 2. The van der Waals surface area contributed by atoms with Crippen LogP contribution < -0.4 is 15.4 Å². The summed E-state index contributed by atoms with van der Waals surface area (Å²) in [5, 5.41) is 10.8. The van der Waals surface area contributed by atoms with E-state index in [0.29, 0.717) is 6.04 Å². The van der Waals surface area contributed by atoms with Gasteiger partial charge in [0, 0.05) is 23.2 Å². The first-order valence-corrected chi connectivity index (χ1v) is 12.3. The molecule has 1 atom stereocenters. The molecule has 0 saturated carbocycles. The number of methoxy groups -OCH3 is 1. The first-order chi connectivity index (χ1) is 16.6. The van der Waals surface area contributed by atoms with Crippen LogP contribution in [0.5, 0.6) is 5.75 Å². The molecule has 5 heteroatoms. The van der Waals surface area contributed by atoms with Crippen LogP contribution in [0.25, 0.3) is 21.7 Å². The van der Waals surface area contributed by atoms with Crippen molar-refractivity contribution in [3.63, 3.8) is 0 Å². The van der Waals surface area contributed by atoms with Crippen LogP contribution in [0, 0.1) is 0 Å². The fourth-order valence-corrected chi connectivity index (χ4v) is 4.41. The Hall–Kier alpha value is -3.31. The van der Waals surface area contributed by atoms with Gasteiger partial charge < -0.3 is 20.3 Å². The number of pyridine rings is 1. The normalized spacial score (nSPS) is 12.3. The minimum Gasteiger partial charge on any atom is -0.497 e. The molecule has 2 N–H and O–H groups in total. The van der Waals surface area contributed by atoms with Crippen LogP contribution in [0.15, 0.2) is 66.7 Å². The molecule has 0 aliphatic rings. The molecule has 0 aliphatic carbocycles. The third-order valence-corrected chi connectivity index (χ3v) is 6.45. The van der Waals surface area contributed by atoms with Crippen molar-refractivity contribution in [1.29, 1.82) is 0 Å². The molecular formula is C29H36N4O. The standard InChI is InChI=1S/C29H36N4O/c1-5-33(6-2)17-9-10-21(3)30-29-20-28(31-24-13-15-25(34-4)16-14-24)26-18-22-11-7-8-12-23(22)19-27(26)32-29/h7-8,11-16,18-21H,5-6,9-10,17H2,1-4H3,(H2,30,31,32). The summed E-state index contributed by atoms with van der Waals surface area (Å²) < 4.78 is 5.31. The quantitative estimate of drug-likeness (QED) is 0.237. The minimum atomic E-state index is 0.342. The van der Waals surface area contributed by atoms with E-state index in [0.717, 1.165) is 59.9 Å². The highest BCUT2D eigenvalue weighted by Gasteiger charge is 2.11. The van der Waals surface area contributed by atoms with Crippen molar-refractivity contribution in [2.24, 2.45) is 0 Å². The highest BCUT2D eigenvalue weighted by atomic mass is 16.5. The monoisotopic (exact) mass is 456 g/mol. The van der Waals surface area contributed by atoms with Gasteiger partial charge in [0.1, 0.15) is 11.6 Å². The maximum atomic E-state index is 5.31. The lowest BCUT2D eigenvalue weighted by Crippen LogP contribution is -2.25. The SMILES string of the molecule is CCN(CC)CCCC(C)Nc1cc(Nc2ccc(OC)cc2)c2cc3ccccc3cc2n1. The molecule has 178 valence electrons. The van der Waals surface area contributed by atoms with Crippen molar-refractivity contribution < 1.29 is 4.74 Å². The van der Waals surface area contributed by atoms with Gasteiger partial charge in [-0.1, -0.05) is 38.1 Å². The van der Waals surface area contributed by atoms with E-state index in [1.165, 1.54) is 17.2 Å². The van der Waals surface area contributed by atoms with E-state index < -0.39 is 0 Å². The van der Waals surface area contributed by atoms with E-state index >= 15 is 0 Å². The third kappa shape index (κ3) is 5.78. The maximum absolute atomic E-state index is 5.31. The second kappa shape index (κ2) is 11.2. The van der Waals surface area contributed by atoms with Crippen molar-refractivity contribution in [1.82, 2.24) is 9.88 Å². The zero-order valence-corrected chi connectivity index (χ0v) is 20.8. The molecular weight excluding hydrogens is 420 g/mol. The van der Waals surface area contributed by atoms with Gasteiger partial charge in [-0.15, -0.1) is 0 Å². The van der Waals surface area contributed by atoms with Gasteiger partial charge in [-0.05, 0) is 86.6 Å². The number of anilines is 3. The summed E-state index contributed by atoms with van der Waals surface area (Å²) in [6, 6.07) is 23.3.